The smallest absolute Gasteiger partial charge is 0.254 e. The minimum atomic E-state index is -0.0704. The molecule has 0 unspecified atom stereocenters. The fraction of sp³-hybridized carbons (Fsp3) is 0.368. The number of hydrogen-bond acceptors (Lipinski definition) is 4. The molecule has 0 aliphatic rings. The van der Waals surface area contributed by atoms with E-state index < -0.39 is 0 Å². The molecule has 4 nitrogen and oxygen atoms in total. The zero-order valence-corrected chi connectivity index (χ0v) is 15.6. The summed E-state index contributed by atoms with van der Waals surface area (Å²) < 4.78 is 0. The number of benzene rings is 1. The molecule has 0 bridgehead atoms. The first-order chi connectivity index (χ1) is 11.5. The number of amides is 1. The summed E-state index contributed by atoms with van der Waals surface area (Å²) in [7, 11) is 2.04. The lowest BCUT2D eigenvalue weighted by Crippen LogP contribution is -2.33. The molecule has 2 aromatic rings. The van der Waals surface area contributed by atoms with E-state index in [1.54, 1.807) is 12.3 Å². The van der Waals surface area contributed by atoms with Gasteiger partial charge in [-0.15, -0.1) is 0 Å². The largest absolute Gasteiger partial charge is 0.351 e. The van der Waals surface area contributed by atoms with Crippen LogP contribution >= 0.6 is 11.8 Å². The van der Waals surface area contributed by atoms with Gasteiger partial charge in [-0.05, 0) is 62.8 Å². The molecule has 128 valence electrons. The van der Waals surface area contributed by atoms with Crippen LogP contribution in [0, 0.1) is 13.8 Å². The highest BCUT2D eigenvalue weighted by molar-refractivity contribution is 7.99. The molecule has 1 aromatic carbocycles. The van der Waals surface area contributed by atoms with E-state index in [1.165, 1.54) is 22.9 Å². The second-order valence-electron chi connectivity index (χ2n) is 5.86. The van der Waals surface area contributed by atoms with Crippen LogP contribution in [0.5, 0.6) is 0 Å². The molecule has 0 aliphatic carbocycles. The SMILES string of the molecule is CCN(C)CCNC(=O)c1cccnc1Sc1ccc(C)c(C)c1. The van der Waals surface area contributed by atoms with Crippen molar-refractivity contribution in [2.45, 2.75) is 30.7 Å². The predicted molar refractivity (Wildman–Crippen MR) is 99.8 cm³/mol. The van der Waals surface area contributed by atoms with Crippen molar-refractivity contribution in [1.29, 1.82) is 0 Å². The number of hydrogen-bond donors (Lipinski definition) is 1. The minimum Gasteiger partial charge on any atom is -0.351 e. The Balaban J connectivity index is 2.09. The number of rotatable bonds is 7. The lowest BCUT2D eigenvalue weighted by molar-refractivity contribution is 0.0946. The number of pyridine rings is 1. The van der Waals surface area contributed by atoms with Crippen LogP contribution in [0.1, 0.15) is 28.4 Å². The Hall–Kier alpha value is -1.85. The molecule has 1 heterocycles. The van der Waals surface area contributed by atoms with Gasteiger partial charge in [-0.3, -0.25) is 4.79 Å². The van der Waals surface area contributed by atoms with Crippen molar-refractivity contribution >= 4 is 17.7 Å². The van der Waals surface area contributed by atoms with Gasteiger partial charge in [0.05, 0.1) is 5.56 Å². The molecule has 0 saturated heterocycles. The third kappa shape index (κ3) is 5.08. The number of nitrogens with zero attached hydrogens (tertiary/aromatic N) is 2. The molecule has 0 aliphatic heterocycles. The van der Waals surface area contributed by atoms with Crippen molar-refractivity contribution in [3.63, 3.8) is 0 Å². The number of carbonyl (C=O) groups excluding carboxylic acids is 1. The zero-order chi connectivity index (χ0) is 17.5. The van der Waals surface area contributed by atoms with Crippen molar-refractivity contribution in [3.05, 3.63) is 53.2 Å². The maximum absolute atomic E-state index is 12.5. The summed E-state index contributed by atoms with van der Waals surface area (Å²) in [5.74, 6) is -0.0704. The van der Waals surface area contributed by atoms with Crippen LogP contribution in [0.4, 0.5) is 0 Å². The highest BCUT2D eigenvalue weighted by atomic mass is 32.2. The van der Waals surface area contributed by atoms with Gasteiger partial charge < -0.3 is 10.2 Å². The second-order valence-corrected chi connectivity index (χ2v) is 6.92. The lowest BCUT2D eigenvalue weighted by atomic mass is 10.1. The molecule has 1 amide bonds. The highest BCUT2D eigenvalue weighted by Gasteiger charge is 2.13. The van der Waals surface area contributed by atoms with Gasteiger partial charge in [0.1, 0.15) is 5.03 Å². The molecular formula is C19H25N3OS. The van der Waals surface area contributed by atoms with Crippen LogP contribution in [-0.4, -0.2) is 42.5 Å². The molecule has 1 N–H and O–H groups in total. The van der Waals surface area contributed by atoms with Gasteiger partial charge in [0.15, 0.2) is 0 Å². The first-order valence-electron chi connectivity index (χ1n) is 8.18. The maximum Gasteiger partial charge on any atom is 0.254 e. The Morgan fingerprint density at radius 3 is 2.75 bits per heavy atom. The molecule has 2 rings (SSSR count). The van der Waals surface area contributed by atoms with Gasteiger partial charge in [0.2, 0.25) is 0 Å². The Kier molecular flexibility index (Phi) is 6.82. The number of likely N-dealkylation sites (N-methyl/N-ethyl adjacent to an activating group) is 1. The topological polar surface area (TPSA) is 45.2 Å². The Labute approximate surface area is 148 Å². The first-order valence-corrected chi connectivity index (χ1v) is 8.99. The molecule has 0 radical (unpaired) electrons. The summed E-state index contributed by atoms with van der Waals surface area (Å²) in [5, 5.41) is 3.71. The van der Waals surface area contributed by atoms with Gasteiger partial charge in [0.25, 0.3) is 5.91 Å². The molecule has 0 fully saturated rings. The Morgan fingerprint density at radius 1 is 1.25 bits per heavy atom. The van der Waals surface area contributed by atoms with E-state index in [1.807, 2.05) is 13.1 Å². The summed E-state index contributed by atoms with van der Waals surface area (Å²) in [6.45, 7) is 8.72. The molecule has 1 aromatic heterocycles. The van der Waals surface area contributed by atoms with Crippen molar-refractivity contribution in [1.82, 2.24) is 15.2 Å². The third-order valence-corrected chi connectivity index (χ3v) is 5.04. The van der Waals surface area contributed by atoms with Gasteiger partial charge in [-0.25, -0.2) is 4.98 Å². The zero-order valence-electron chi connectivity index (χ0n) is 14.8. The van der Waals surface area contributed by atoms with Crippen LogP contribution in [0.25, 0.3) is 0 Å². The predicted octanol–water partition coefficient (Wildman–Crippen LogP) is 3.53. The Bertz CT molecular complexity index is 703. The van der Waals surface area contributed by atoms with E-state index >= 15 is 0 Å². The summed E-state index contributed by atoms with van der Waals surface area (Å²) in [6.07, 6.45) is 1.73. The molecule has 5 heteroatoms. The van der Waals surface area contributed by atoms with Gasteiger partial charge in [0, 0.05) is 24.2 Å². The average molecular weight is 343 g/mol. The summed E-state index contributed by atoms with van der Waals surface area (Å²) in [5.41, 5.74) is 3.13. The maximum atomic E-state index is 12.5. The fourth-order valence-electron chi connectivity index (χ4n) is 2.15. The first kappa shape index (κ1) is 18.5. The quantitative estimate of drug-likeness (QED) is 0.835. The number of aryl methyl sites for hydroxylation is 2. The second kappa shape index (κ2) is 8.85. The molecule has 0 atom stereocenters. The van der Waals surface area contributed by atoms with Gasteiger partial charge >= 0.3 is 0 Å². The molecule has 24 heavy (non-hydrogen) atoms. The normalized spacial score (nSPS) is 10.9. The summed E-state index contributed by atoms with van der Waals surface area (Å²) >= 11 is 1.53. The Morgan fingerprint density at radius 2 is 2.04 bits per heavy atom. The minimum absolute atomic E-state index is 0.0704. The number of nitrogens with one attached hydrogen (secondary N) is 1. The van der Waals surface area contributed by atoms with E-state index in [9.17, 15) is 4.79 Å². The van der Waals surface area contributed by atoms with E-state index in [0.717, 1.165) is 23.0 Å². The van der Waals surface area contributed by atoms with E-state index in [-0.39, 0.29) is 5.91 Å². The lowest BCUT2D eigenvalue weighted by Gasteiger charge is -2.14. The van der Waals surface area contributed by atoms with Crippen molar-refractivity contribution < 1.29 is 4.79 Å². The van der Waals surface area contributed by atoms with Gasteiger partial charge in [-0.1, -0.05) is 24.8 Å². The number of aromatic nitrogens is 1. The van der Waals surface area contributed by atoms with Crippen molar-refractivity contribution in [2.24, 2.45) is 0 Å². The fourth-order valence-corrected chi connectivity index (χ4v) is 3.13. The van der Waals surface area contributed by atoms with E-state index in [0.29, 0.717) is 12.1 Å². The molecular weight excluding hydrogens is 318 g/mol. The van der Waals surface area contributed by atoms with Crippen LogP contribution in [0.15, 0.2) is 46.5 Å². The third-order valence-electron chi connectivity index (χ3n) is 4.03. The number of carbonyl (C=O) groups is 1. The summed E-state index contributed by atoms with van der Waals surface area (Å²) in [6, 6.07) is 9.93. The van der Waals surface area contributed by atoms with Crippen molar-refractivity contribution in [2.75, 3.05) is 26.7 Å². The summed E-state index contributed by atoms with van der Waals surface area (Å²) in [4.78, 5) is 20.1. The standard InChI is InChI=1S/C19H25N3OS/c1-5-22(4)12-11-20-18(23)17-7-6-10-21-19(17)24-16-9-8-14(2)15(3)13-16/h6-10,13H,5,11-12H2,1-4H3,(H,20,23). The highest BCUT2D eigenvalue weighted by Crippen LogP contribution is 2.29. The molecule has 0 saturated carbocycles. The van der Waals surface area contributed by atoms with Crippen molar-refractivity contribution in [3.8, 4) is 0 Å². The van der Waals surface area contributed by atoms with Crippen LogP contribution < -0.4 is 5.32 Å². The van der Waals surface area contributed by atoms with Crippen LogP contribution in [0.2, 0.25) is 0 Å². The monoisotopic (exact) mass is 343 g/mol. The van der Waals surface area contributed by atoms with Crippen LogP contribution in [-0.2, 0) is 0 Å². The van der Waals surface area contributed by atoms with E-state index in [2.05, 4.69) is 54.2 Å². The van der Waals surface area contributed by atoms with Gasteiger partial charge in [-0.2, -0.15) is 0 Å². The average Bonchev–Trinajstić information content (AvgIpc) is 2.58. The molecule has 0 spiro atoms. The van der Waals surface area contributed by atoms with E-state index in [4.69, 9.17) is 0 Å². The van der Waals surface area contributed by atoms with Crippen LogP contribution in [0.3, 0.4) is 0 Å².